The highest BCUT2D eigenvalue weighted by molar-refractivity contribution is 7.99. The zero-order valence-corrected chi connectivity index (χ0v) is 17.8. The lowest BCUT2D eigenvalue weighted by Gasteiger charge is -2.10. The highest BCUT2D eigenvalue weighted by atomic mass is 35.5. The van der Waals surface area contributed by atoms with Crippen LogP contribution in [0, 0.1) is 11.7 Å². The second kappa shape index (κ2) is 8.73. The monoisotopic (exact) mass is 456 g/mol. The summed E-state index contributed by atoms with van der Waals surface area (Å²) in [6, 6.07) is 8.29. The number of nitrogens with one attached hydrogen (secondary N) is 2. The van der Waals surface area contributed by atoms with Gasteiger partial charge in [0.05, 0.1) is 22.0 Å². The van der Waals surface area contributed by atoms with Crippen molar-refractivity contribution in [2.75, 3.05) is 22.1 Å². The van der Waals surface area contributed by atoms with E-state index < -0.39 is 27.3 Å². The molecule has 0 unspecified atom stereocenters. The number of fused-ring (bicyclic) bond motifs is 1. The lowest BCUT2D eigenvalue weighted by Crippen LogP contribution is -2.20. The van der Waals surface area contributed by atoms with Gasteiger partial charge in [-0.05, 0) is 36.4 Å². The van der Waals surface area contributed by atoms with Crippen LogP contribution in [0.15, 0.2) is 46.2 Å². The van der Waals surface area contributed by atoms with Crippen LogP contribution in [0.3, 0.4) is 0 Å². The number of carbonyl (C=O) groups excluding carboxylic acids is 2. The number of thioether (sulfide) groups is 1. The third kappa shape index (κ3) is 5.29. The summed E-state index contributed by atoms with van der Waals surface area (Å²) in [5.41, 5.74) is 0.369. The van der Waals surface area contributed by atoms with Crippen molar-refractivity contribution >= 4 is 56.4 Å². The number of hydrogen-bond donors (Lipinski definition) is 2. The number of halogens is 2. The molecule has 154 valence electrons. The predicted molar refractivity (Wildman–Crippen MR) is 112 cm³/mol. The van der Waals surface area contributed by atoms with Crippen molar-refractivity contribution in [3.63, 3.8) is 0 Å². The predicted octanol–water partition coefficient (Wildman–Crippen LogP) is 3.96. The Hall–Kier alpha value is -2.10. The maximum atomic E-state index is 13.7. The SMILES string of the molecule is C[C@H]1CSc2ccc(S(=O)(=O)CCC(=O)Nc3ccc(Cl)cc3F)cc2NC1=O. The molecule has 0 saturated carbocycles. The van der Waals surface area contributed by atoms with Crippen LogP contribution in [0.25, 0.3) is 0 Å². The molecular weight excluding hydrogens is 439 g/mol. The Balaban J connectivity index is 1.69. The van der Waals surface area contributed by atoms with E-state index >= 15 is 0 Å². The van der Waals surface area contributed by atoms with Gasteiger partial charge in [-0.1, -0.05) is 18.5 Å². The smallest absolute Gasteiger partial charge is 0.228 e. The third-order valence-corrected chi connectivity index (χ3v) is 7.59. The standard InChI is InChI=1S/C19H18ClFN2O4S2/c1-11-10-28-17-5-3-13(9-16(17)23-19(11)25)29(26,27)7-6-18(24)22-15-4-2-12(20)8-14(15)21/h2-5,8-9,11H,6-7,10H2,1H3,(H,22,24)(H,23,25)/t11-/m0/s1. The molecule has 2 N–H and O–H groups in total. The fraction of sp³-hybridized carbons (Fsp3) is 0.263. The van der Waals surface area contributed by atoms with Gasteiger partial charge >= 0.3 is 0 Å². The van der Waals surface area contributed by atoms with Crippen LogP contribution in [-0.4, -0.2) is 31.7 Å². The molecule has 6 nitrogen and oxygen atoms in total. The summed E-state index contributed by atoms with van der Waals surface area (Å²) >= 11 is 7.14. The van der Waals surface area contributed by atoms with Gasteiger partial charge in [-0.3, -0.25) is 9.59 Å². The van der Waals surface area contributed by atoms with Gasteiger partial charge in [0, 0.05) is 28.0 Å². The molecule has 0 radical (unpaired) electrons. The molecular formula is C19H18ClFN2O4S2. The van der Waals surface area contributed by atoms with E-state index in [1.165, 1.54) is 36.0 Å². The Kier molecular flexibility index (Phi) is 6.50. The second-order valence-electron chi connectivity index (χ2n) is 6.60. The molecule has 10 heteroatoms. The van der Waals surface area contributed by atoms with Crippen molar-refractivity contribution in [1.29, 1.82) is 0 Å². The van der Waals surface area contributed by atoms with E-state index in [9.17, 15) is 22.4 Å². The number of anilines is 2. The van der Waals surface area contributed by atoms with Crippen molar-refractivity contribution < 1.29 is 22.4 Å². The summed E-state index contributed by atoms with van der Waals surface area (Å²) in [7, 11) is -3.78. The lowest BCUT2D eigenvalue weighted by atomic mass is 10.2. The minimum atomic E-state index is -3.78. The number of amides is 2. The van der Waals surface area contributed by atoms with E-state index in [0.717, 1.165) is 11.0 Å². The van der Waals surface area contributed by atoms with Gasteiger partial charge in [0.15, 0.2) is 9.84 Å². The normalized spacial score (nSPS) is 16.5. The van der Waals surface area contributed by atoms with Crippen molar-refractivity contribution in [1.82, 2.24) is 0 Å². The van der Waals surface area contributed by atoms with Crippen LogP contribution in [-0.2, 0) is 19.4 Å². The van der Waals surface area contributed by atoms with E-state index in [2.05, 4.69) is 10.6 Å². The van der Waals surface area contributed by atoms with Crippen molar-refractivity contribution in [2.45, 2.75) is 23.1 Å². The van der Waals surface area contributed by atoms with Crippen LogP contribution in [0.2, 0.25) is 5.02 Å². The summed E-state index contributed by atoms with van der Waals surface area (Å²) < 4.78 is 39.0. The van der Waals surface area contributed by atoms with Crippen molar-refractivity contribution in [2.24, 2.45) is 5.92 Å². The second-order valence-corrected chi connectivity index (χ2v) is 10.2. The number of hydrogen-bond acceptors (Lipinski definition) is 5. The first-order valence-electron chi connectivity index (χ1n) is 8.71. The molecule has 1 aliphatic rings. The van der Waals surface area contributed by atoms with Gasteiger partial charge < -0.3 is 10.6 Å². The van der Waals surface area contributed by atoms with Gasteiger partial charge in [0.2, 0.25) is 11.8 Å². The quantitative estimate of drug-likeness (QED) is 0.710. The average Bonchev–Trinajstić information content (AvgIpc) is 2.80. The number of rotatable bonds is 5. The van der Waals surface area contributed by atoms with E-state index in [1.807, 2.05) is 0 Å². The Bertz CT molecular complexity index is 1080. The molecule has 2 aromatic carbocycles. The van der Waals surface area contributed by atoms with Crippen LogP contribution in [0.1, 0.15) is 13.3 Å². The van der Waals surface area contributed by atoms with Gasteiger partial charge in [-0.15, -0.1) is 11.8 Å². The molecule has 1 aliphatic heterocycles. The summed E-state index contributed by atoms with van der Waals surface area (Å²) in [4.78, 5) is 24.9. The van der Waals surface area contributed by atoms with E-state index in [-0.39, 0.29) is 33.9 Å². The molecule has 0 aromatic heterocycles. The molecule has 0 aliphatic carbocycles. The van der Waals surface area contributed by atoms with E-state index in [0.29, 0.717) is 11.4 Å². The maximum absolute atomic E-state index is 13.7. The highest BCUT2D eigenvalue weighted by Crippen LogP contribution is 2.34. The summed E-state index contributed by atoms with van der Waals surface area (Å²) in [5.74, 6) is -1.56. The zero-order valence-electron chi connectivity index (χ0n) is 15.4. The molecule has 0 fully saturated rings. The molecule has 3 rings (SSSR count). The Labute approximate surface area is 177 Å². The summed E-state index contributed by atoms with van der Waals surface area (Å²) in [5, 5.41) is 5.26. The maximum Gasteiger partial charge on any atom is 0.228 e. The van der Waals surface area contributed by atoms with Crippen LogP contribution >= 0.6 is 23.4 Å². The first-order valence-corrected chi connectivity index (χ1v) is 11.7. The Morgan fingerprint density at radius 3 is 2.79 bits per heavy atom. The van der Waals surface area contributed by atoms with Crippen LogP contribution in [0.4, 0.5) is 15.8 Å². The zero-order chi connectivity index (χ0) is 21.2. The molecule has 1 heterocycles. The van der Waals surface area contributed by atoms with E-state index in [4.69, 9.17) is 11.6 Å². The number of carbonyl (C=O) groups is 2. The first-order chi connectivity index (χ1) is 13.7. The molecule has 2 amide bonds. The van der Waals surface area contributed by atoms with Crippen molar-refractivity contribution in [3.05, 3.63) is 47.2 Å². The van der Waals surface area contributed by atoms with Gasteiger partial charge in [-0.25, -0.2) is 12.8 Å². The molecule has 29 heavy (non-hydrogen) atoms. The molecule has 0 saturated heterocycles. The van der Waals surface area contributed by atoms with Gasteiger partial charge in [0.25, 0.3) is 0 Å². The van der Waals surface area contributed by atoms with Crippen molar-refractivity contribution in [3.8, 4) is 0 Å². The topological polar surface area (TPSA) is 92.3 Å². The first kappa shape index (κ1) is 21.6. The molecule has 2 aromatic rings. The highest BCUT2D eigenvalue weighted by Gasteiger charge is 2.23. The summed E-state index contributed by atoms with van der Waals surface area (Å²) in [6.45, 7) is 1.80. The van der Waals surface area contributed by atoms with Gasteiger partial charge in [0.1, 0.15) is 5.82 Å². The molecule has 1 atom stereocenters. The minimum absolute atomic E-state index is 0.0113. The lowest BCUT2D eigenvalue weighted by molar-refractivity contribution is -0.118. The Morgan fingerprint density at radius 1 is 1.31 bits per heavy atom. The van der Waals surface area contributed by atoms with E-state index in [1.54, 1.807) is 13.0 Å². The Morgan fingerprint density at radius 2 is 2.07 bits per heavy atom. The molecule has 0 bridgehead atoms. The van der Waals surface area contributed by atoms with Crippen LogP contribution < -0.4 is 10.6 Å². The average molecular weight is 457 g/mol. The third-order valence-electron chi connectivity index (χ3n) is 4.31. The minimum Gasteiger partial charge on any atom is -0.325 e. The van der Waals surface area contributed by atoms with Gasteiger partial charge in [-0.2, -0.15) is 0 Å². The summed E-state index contributed by atoms with van der Waals surface area (Å²) in [6.07, 6.45) is -0.348. The number of sulfone groups is 1. The fourth-order valence-electron chi connectivity index (χ4n) is 2.62. The largest absolute Gasteiger partial charge is 0.325 e. The number of benzene rings is 2. The molecule has 0 spiro atoms. The fourth-order valence-corrected chi connectivity index (χ4v) is 5.05. The van der Waals surface area contributed by atoms with Crippen LogP contribution in [0.5, 0.6) is 0 Å².